The third-order valence-corrected chi connectivity index (χ3v) is 3.15. The summed E-state index contributed by atoms with van der Waals surface area (Å²) in [4.78, 5) is 14.1. The molecule has 1 atom stereocenters. The van der Waals surface area contributed by atoms with Crippen molar-refractivity contribution in [3.63, 3.8) is 0 Å². The molecule has 1 aliphatic rings. The summed E-state index contributed by atoms with van der Waals surface area (Å²) in [5, 5.41) is 6.99. The highest BCUT2D eigenvalue weighted by atomic mass is 16.5. The summed E-state index contributed by atoms with van der Waals surface area (Å²) in [6.45, 7) is 3.56. The van der Waals surface area contributed by atoms with Crippen molar-refractivity contribution in [3.05, 3.63) is 17.5 Å². The zero-order valence-corrected chi connectivity index (χ0v) is 10.4. The van der Waals surface area contributed by atoms with Crippen molar-refractivity contribution < 1.29 is 9.32 Å². The van der Waals surface area contributed by atoms with E-state index in [-0.39, 0.29) is 5.91 Å². The van der Waals surface area contributed by atoms with E-state index in [1.807, 2.05) is 24.9 Å². The van der Waals surface area contributed by atoms with E-state index in [9.17, 15) is 4.79 Å². The fraction of sp³-hybridized carbons (Fsp3) is 0.667. The molecule has 0 spiro atoms. The normalized spacial score (nSPS) is 19.9. The largest absolute Gasteiger partial charge is 0.361 e. The number of hydrogen-bond donors (Lipinski definition) is 1. The molecular weight excluding hydrogens is 218 g/mol. The molecule has 5 heteroatoms. The quantitative estimate of drug-likeness (QED) is 0.839. The van der Waals surface area contributed by atoms with Gasteiger partial charge >= 0.3 is 0 Å². The summed E-state index contributed by atoms with van der Waals surface area (Å²) >= 11 is 0. The number of aromatic nitrogens is 1. The van der Waals surface area contributed by atoms with Gasteiger partial charge in [-0.1, -0.05) is 5.16 Å². The van der Waals surface area contributed by atoms with Crippen LogP contribution in [0.5, 0.6) is 0 Å². The monoisotopic (exact) mass is 237 g/mol. The average molecular weight is 237 g/mol. The molecule has 17 heavy (non-hydrogen) atoms. The maximum Gasteiger partial charge on any atom is 0.229 e. The van der Waals surface area contributed by atoms with E-state index in [4.69, 9.17) is 4.52 Å². The third kappa shape index (κ3) is 2.85. The highest BCUT2D eigenvalue weighted by Crippen LogP contribution is 2.18. The first-order valence-corrected chi connectivity index (χ1v) is 6.07. The van der Waals surface area contributed by atoms with Crippen LogP contribution in [0.4, 0.5) is 0 Å². The predicted molar refractivity (Wildman–Crippen MR) is 63.6 cm³/mol. The fourth-order valence-electron chi connectivity index (χ4n) is 2.37. The van der Waals surface area contributed by atoms with Gasteiger partial charge in [-0.25, -0.2) is 0 Å². The minimum absolute atomic E-state index is 0.149. The van der Waals surface area contributed by atoms with Crippen molar-refractivity contribution in [2.75, 3.05) is 20.1 Å². The SMILES string of the molecule is CNC[C@H]1CCCN1C(=O)Cc1cc(C)on1. The van der Waals surface area contributed by atoms with Gasteiger partial charge in [-0.15, -0.1) is 0 Å². The highest BCUT2D eigenvalue weighted by Gasteiger charge is 2.28. The Labute approximate surface area is 101 Å². The van der Waals surface area contributed by atoms with Crippen molar-refractivity contribution in [1.29, 1.82) is 0 Å². The van der Waals surface area contributed by atoms with Gasteiger partial charge in [-0.2, -0.15) is 0 Å². The Morgan fingerprint density at radius 3 is 3.18 bits per heavy atom. The molecule has 1 aromatic heterocycles. The van der Waals surface area contributed by atoms with Crippen molar-refractivity contribution >= 4 is 5.91 Å². The van der Waals surface area contributed by atoms with E-state index in [1.165, 1.54) is 0 Å². The van der Waals surface area contributed by atoms with Gasteiger partial charge in [0.15, 0.2) is 0 Å². The van der Waals surface area contributed by atoms with Gasteiger partial charge in [0.1, 0.15) is 5.76 Å². The molecule has 1 aliphatic heterocycles. The number of nitrogens with zero attached hydrogens (tertiary/aromatic N) is 2. The lowest BCUT2D eigenvalue weighted by Gasteiger charge is -2.24. The minimum Gasteiger partial charge on any atom is -0.361 e. The van der Waals surface area contributed by atoms with E-state index in [0.717, 1.165) is 37.4 Å². The molecule has 0 bridgehead atoms. The Hall–Kier alpha value is -1.36. The Morgan fingerprint density at radius 2 is 2.53 bits per heavy atom. The lowest BCUT2D eigenvalue weighted by Crippen LogP contribution is -2.41. The van der Waals surface area contributed by atoms with Crippen LogP contribution in [0.25, 0.3) is 0 Å². The van der Waals surface area contributed by atoms with Crippen LogP contribution in [-0.4, -0.2) is 42.1 Å². The second-order valence-corrected chi connectivity index (χ2v) is 4.55. The van der Waals surface area contributed by atoms with Gasteiger partial charge in [-0.05, 0) is 26.8 Å². The van der Waals surface area contributed by atoms with E-state index in [2.05, 4.69) is 10.5 Å². The molecule has 94 valence electrons. The van der Waals surface area contributed by atoms with Crippen molar-refractivity contribution in [1.82, 2.24) is 15.4 Å². The fourth-order valence-corrected chi connectivity index (χ4v) is 2.37. The van der Waals surface area contributed by atoms with Crippen molar-refractivity contribution in [2.45, 2.75) is 32.2 Å². The van der Waals surface area contributed by atoms with Crippen LogP contribution in [0.2, 0.25) is 0 Å². The zero-order valence-electron chi connectivity index (χ0n) is 10.4. The second kappa shape index (κ2) is 5.31. The Kier molecular flexibility index (Phi) is 3.78. The van der Waals surface area contributed by atoms with Gasteiger partial charge in [-0.3, -0.25) is 4.79 Å². The van der Waals surface area contributed by atoms with E-state index in [0.29, 0.717) is 12.5 Å². The summed E-state index contributed by atoms with van der Waals surface area (Å²) in [6, 6.07) is 2.15. The molecule has 5 nitrogen and oxygen atoms in total. The van der Waals surface area contributed by atoms with Crippen LogP contribution in [0, 0.1) is 6.92 Å². The lowest BCUT2D eigenvalue weighted by atomic mass is 10.2. The molecule has 1 amide bonds. The molecular formula is C12H19N3O2. The van der Waals surface area contributed by atoms with Crippen LogP contribution in [0.3, 0.4) is 0 Å². The topological polar surface area (TPSA) is 58.4 Å². The number of carbonyl (C=O) groups excluding carboxylic acids is 1. The summed E-state index contributed by atoms with van der Waals surface area (Å²) in [7, 11) is 1.92. The van der Waals surface area contributed by atoms with Crippen LogP contribution in [-0.2, 0) is 11.2 Å². The number of hydrogen-bond acceptors (Lipinski definition) is 4. The van der Waals surface area contributed by atoms with Gasteiger partial charge in [0.2, 0.25) is 5.91 Å². The third-order valence-electron chi connectivity index (χ3n) is 3.15. The second-order valence-electron chi connectivity index (χ2n) is 4.55. The van der Waals surface area contributed by atoms with Gasteiger partial charge in [0.25, 0.3) is 0 Å². The van der Waals surface area contributed by atoms with Gasteiger partial charge < -0.3 is 14.7 Å². The zero-order chi connectivity index (χ0) is 12.3. The molecule has 1 aromatic rings. The minimum atomic E-state index is 0.149. The molecule has 0 saturated carbocycles. The number of likely N-dealkylation sites (tertiary alicyclic amines) is 1. The van der Waals surface area contributed by atoms with E-state index < -0.39 is 0 Å². The molecule has 1 N–H and O–H groups in total. The molecule has 1 fully saturated rings. The molecule has 0 radical (unpaired) electrons. The molecule has 0 aromatic carbocycles. The lowest BCUT2D eigenvalue weighted by molar-refractivity contribution is -0.131. The standard InChI is InChI=1S/C12H19N3O2/c1-9-6-10(14-17-9)7-12(16)15-5-3-4-11(15)8-13-2/h6,11,13H,3-5,7-8H2,1-2H3/t11-/m1/s1. The number of rotatable bonds is 4. The Morgan fingerprint density at radius 1 is 1.71 bits per heavy atom. The van der Waals surface area contributed by atoms with Gasteiger partial charge in [0.05, 0.1) is 12.1 Å². The van der Waals surface area contributed by atoms with Crippen molar-refractivity contribution in [3.8, 4) is 0 Å². The Balaban J connectivity index is 1.95. The van der Waals surface area contributed by atoms with Crippen LogP contribution >= 0.6 is 0 Å². The maximum atomic E-state index is 12.1. The van der Waals surface area contributed by atoms with E-state index in [1.54, 1.807) is 0 Å². The average Bonchev–Trinajstić information content (AvgIpc) is 2.88. The summed E-state index contributed by atoms with van der Waals surface area (Å²) in [5.74, 6) is 0.900. The van der Waals surface area contributed by atoms with E-state index >= 15 is 0 Å². The van der Waals surface area contributed by atoms with Crippen LogP contribution in [0.1, 0.15) is 24.3 Å². The summed E-state index contributed by atoms with van der Waals surface area (Å²) in [5.41, 5.74) is 0.725. The molecule has 1 saturated heterocycles. The molecule has 2 rings (SSSR count). The molecule has 0 aliphatic carbocycles. The van der Waals surface area contributed by atoms with Crippen molar-refractivity contribution in [2.24, 2.45) is 0 Å². The first-order valence-electron chi connectivity index (χ1n) is 6.07. The number of aryl methyl sites for hydroxylation is 1. The maximum absolute atomic E-state index is 12.1. The number of amides is 1. The molecule has 2 heterocycles. The number of carbonyl (C=O) groups is 1. The first-order chi connectivity index (χ1) is 8.20. The predicted octanol–water partition coefficient (Wildman–Crippen LogP) is 0.736. The summed E-state index contributed by atoms with van der Waals surface area (Å²) in [6.07, 6.45) is 2.53. The van der Waals surface area contributed by atoms with Gasteiger partial charge in [0, 0.05) is 25.2 Å². The van der Waals surface area contributed by atoms with Crippen LogP contribution < -0.4 is 5.32 Å². The summed E-state index contributed by atoms with van der Waals surface area (Å²) < 4.78 is 4.97. The first kappa shape index (κ1) is 12.1. The highest BCUT2D eigenvalue weighted by molar-refractivity contribution is 5.79. The Bertz CT molecular complexity index is 389. The molecule has 0 unspecified atom stereocenters. The number of nitrogens with one attached hydrogen (secondary N) is 1. The number of likely N-dealkylation sites (N-methyl/N-ethyl adjacent to an activating group) is 1. The van der Waals surface area contributed by atoms with Crippen LogP contribution in [0.15, 0.2) is 10.6 Å². The smallest absolute Gasteiger partial charge is 0.229 e.